The smallest absolute Gasteiger partial charge is 0.374 e. The summed E-state index contributed by atoms with van der Waals surface area (Å²) < 4.78 is 78.2. The predicted octanol–water partition coefficient (Wildman–Crippen LogP) is 4.36. The van der Waals surface area contributed by atoms with Crippen LogP contribution in [0.5, 0.6) is 0 Å². The summed E-state index contributed by atoms with van der Waals surface area (Å²) >= 11 is 6.69. The quantitative estimate of drug-likeness (QED) is 0.388. The van der Waals surface area contributed by atoms with E-state index in [9.17, 15) is 31.5 Å². The maximum atomic E-state index is 14.9. The van der Waals surface area contributed by atoms with Gasteiger partial charge in [-0.1, -0.05) is 11.6 Å². The lowest BCUT2D eigenvalue weighted by molar-refractivity contribution is -0.137. The highest BCUT2D eigenvalue weighted by Gasteiger charge is 2.38. The van der Waals surface area contributed by atoms with Crippen molar-refractivity contribution in [2.75, 3.05) is 33.0 Å². The lowest BCUT2D eigenvalue weighted by atomic mass is 9.96. The fraction of sp³-hybridized carbons (Fsp3) is 0.364. The number of H-pyrrole nitrogens is 1. The van der Waals surface area contributed by atoms with Gasteiger partial charge in [-0.05, 0) is 26.2 Å². The molecule has 6 nitrogen and oxygen atoms in total. The summed E-state index contributed by atoms with van der Waals surface area (Å²) in [5.74, 6) is -2.29. The van der Waals surface area contributed by atoms with Crippen molar-refractivity contribution in [2.24, 2.45) is 0 Å². The number of hydrogen-bond acceptors (Lipinski definition) is 5. The van der Waals surface area contributed by atoms with E-state index < -0.39 is 56.9 Å². The van der Waals surface area contributed by atoms with Gasteiger partial charge in [0, 0.05) is 34.4 Å². The van der Waals surface area contributed by atoms with Crippen molar-refractivity contribution in [3.63, 3.8) is 0 Å². The third kappa shape index (κ3) is 4.97. The number of aromatic amines is 1. The fourth-order valence-electron chi connectivity index (χ4n) is 3.88. The molecule has 0 fully saturated rings. The number of ether oxygens (including phenoxy) is 1. The minimum atomic E-state index is -5.00. The molecule has 0 bridgehead atoms. The van der Waals surface area contributed by atoms with Gasteiger partial charge in [0.05, 0.1) is 40.7 Å². The molecule has 13 heteroatoms. The molecule has 0 radical (unpaired) electrons. The minimum Gasteiger partial charge on any atom is -0.374 e. The molecule has 2 heterocycles. The standard InChI is InChI=1S/C22H19ClF5N3O3S/c1-30(2)3-4-34-10-8-31-18-12(20(32)29-21(31)33)5-13(22(26,27)28)17(19(18)35-9-10)11-6-14(23)16(25)7-15(11)24/h5-7,10H,3-4,8-9H2,1-2H3,(H,29,32,33)/t10-/m0/s1. The molecule has 0 amide bonds. The van der Waals surface area contributed by atoms with Crippen molar-refractivity contribution >= 4 is 34.3 Å². The maximum absolute atomic E-state index is 14.9. The van der Waals surface area contributed by atoms with Crippen molar-refractivity contribution in [3.8, 4) is 11.1 Å². The Hall–Kier alpha value is -2.41. The third-order valence-electron chi connectivity index (χ3n) is 5.51. The number of nitrogens with one attached hydrogen (secondary N) is 1. The number of rotatable bonds is 5. The van der Waals surface area contributed by atoms with Crippen LogP contribution < -0.4 is 11.2 Å². The number of halogens is 6. The van der Waals surface area contributed by atoms with E-state index in [1.165, 1.54) is 0 Å². The van der Waals surface area contributed by atoms with E-state index in [1.54, 1.807) is 0 Å². The summed E-state index contributed by atoms with van der Waals surface area (Å²) in [5, 5.41) is -0.959. The Bertz CT molecular complexity index is 1420. The first-order valence-electron chi connectivity index (χ1n) is 10.3. The second-order valence-electron chi connectivity index (χ2n) is 8.25. The number of aromatic nitrogens is 2. The Morgan fingerprint density at radius 1 is 1.20 bits per heavy atom. The topological polar surface area (TPSA) is 67.3 Å². The highest BCUT2D eigenvalue weighted by molar-refractivity contribution is 7.99. The monoisotopic (exact) mass is 535 g/mol. The number of nitrogens with zero attached hydrogens (tertiary/aromatic N) is 2. The van der Waals surface area contributed by atoms with E-state index in [0.29, 0.717) is 25.3 Å². The average Bonchev–Trinajstić information content (AvgIpc) is 2.94. The van der Waals surface area contributed by atoms with E-state index in [4.69, 9.17) is 16.3 Å². The second-order valence-corrected chi connectivity index (χ2v) is 9.68. The zero-order chi connectivity index (χ0) is 25.7. The molecule has 0 saturated heterocycles. The minimum absolute atomic E-state index is 0.0446. The van der Waals surface area contributed by atoms with Gasteiger partial charge in [-0.25, -0.2) is 13.6 Å². The highest BCUT2D eigenvalue weighted by Crippen LogP contribution is 2.47. The van der Waals surface area contributed by atoms with Crippen LogP contribution >= 0.6 is 23.4 Å². The molecule has 0 aliphatic carbocycles. The first-order chi connectivity index (χ1) is 16.4. The van der Waals surface area contributed by atoms with E-state index in [2.05, 4.69) is 0 Å². The first kappa shape index (κ1) is 25.7. The van der Waals surface area contributed by atoms with Crippen molar-refractivity contribution in [1.29, 1.82) is 0 Å². The SMILES string of the molecule is CN(C)CCO[C@@H]1CSc2c(-c3cc(Cl)c(F)cc3F)c(C(F)(F)F)cc3c(=O)[nH]c(=O)n(c23)C1. The van der Waals surface area contributed by atoms with Crippen molar-refractivity contribution in [2.45, 2.75) is 23.7 Å². The molecule has 0 unspecified atom stereocenters. The highest BCUT2D eigenvalue weighted by atomic mass is 35.5. The Morgan fingerprint density at radius 2 is 1.91 bits per heavy atom. The number of alkyl halides is 3. The van der Waals surface area contributed by atoms with Crippen LogP contribution in [0.3, 0.4) is 0 Å². The maximum Gasteiger partial charge on any atom is 0.417 e. The molecule has 0 spiro atoms. The largest absolute Gasteiger partial charge is 0.417 e. The lowest BCUT2D eigenvalue weighted by Crippen LogP contribution is -2.35. The zero-order valence-electron chi connectivity index (χ0n) is 18.4. The normalized spacial score (nSPS) is 16.2. The van der Waals surface area contributed by atoms with Crippen LogP contribution in [0.4, 0.5) is 22.0 Å². The van der Waals surface area contributed by atoms with Crippen LogP contribution in [-0.2, 0) is 17.5 Å². The van der Waals surface area contributed by atoms with E-state index in [1.807, 2.05) is 24.0 Å². The Morgan fingerprint density at radius 3 is 2.57 bits per heavy atom. The van der Waals surface area contributed by atoms with Gasteiger partial charge in [0.2, 0.25) is 0 Å². The van der Waals surface area contributed by atoms with E-state index >= 15 is 0 Å². The molecule has 35 heavy (non-hydrogen) atoms. The van der Waals surface area contributed by atoms with Gasteiger partial charge >= 0.3 is 11.9 Å². The van der Waals surface area contributed by atoms with Crippen LogP contribution in [0.25, 0.3) is 22.0 Å². The molecule has 2 aromatic carbocycles. The second kappa shape index (κ2) is 9.57. The summed E-state index contributed by atoms with van der Waals surface area (Å²) in [5.41, 5.74) is -4.45. The zero-order valence-corrected chi connectivity index (χ0v) is 20.0. The molecule has 188 valence electrons. The molecule has 1 aliphatic heterocycles. The van der Waals surface area contributed by atoms with Crippen LogP contribution in [0.1, 0.15) is 5.56 Å². The molecule has 1 atom stereocenters. The number of thioether (sulfide) groups is 1. The number of hydrogen-bond donors (Lipinski definition) is 1. The van der Waals surface area contributed by atoms with Gasteiger partial charge < -0.3 is 9.64 Å². The van der Waals surface area contributed by atoms with Crippen LogP contribution in [-0.4, -0.2) is 53.6 Å². The Kier molecular flexibility index (Phi) is 7.02. The van der Waals surface area contributed by atoms with Gasteiger partial charge in [0.15, 0.2) is 0 Å². The van der Waals surface area contributed by atoms with Crippen molar-refractivity contribution in [3.05, 3.63) is 61.3 Å². The first-order valence-corrected chi connectivity index (χ1v) is 11.7. The van der Waals surface area contributed by atoms with Gasteiger partial charge in [0.1, 0.15) is 11.6 Å². The number of benzene rings is 2. The van der Waals surface area contributed by atoms with Gasteiger partial charge in [-0.2, -0.15) is 13.2 Å². The van der Waals surface area contributed by atoms with Gasteiger partial charge in [-0.15, -0.1) is 11.8 Å². The summed E-state index contributed by atoms with van der Waals surface area (Å²) in [4.78, 5) is 29.0. The average molecular weight is 536 g/mol. The summed E-state index contributed by atoms with van der Waals surface area (Å²) in [7, 11) is 3.68. The molecule has 0 saturated carbocycles. The molecule has 3 aromatic rings. The van der Waals surface area contributed by atoms with Crippen LogP contribution in [0, 0.1) is 11.6 Å². The van der Waals surface area contributed by atoms with Crippen LogP contribution in [0.2, 0.25) is 5.02 Å². The number of likely N-dealkylation sites (N-methyl/N-ethyl adjacent to an activating group) is 1. The molecule has 1 aliphatic rings. The van der Waals surface area contributed by atoms with Crippen molar-refractivity contribution < 1.29 is 26.7 Å². The van der Waals surface area contributed by atoms with Gasteiger partial charge in [-0.3, -0.25) is 14.3 Å². The molecule has 4 rings (SSSR count). The van der Waals surface area contributed by atoms with Gasteiger partial charge in [0.25, 0.3) is 5.56 Å². The molecular formula is C22H19ClF5N3O3S. The third-order valence-corrected chi connectivity index (χ3v) is 7.03. The lowest BCUT2D eigenvalue weighted by Gasteiger charge is -2.20. The Balaban J connectivity index is 2.03. The summed E-state index contributed by atoms with van der Waals surface area (Å²) in [6.07, 6.45) is -5.60. The molecular weight excluding hydrogens is 517 g/mol. The van der Waals surface area contributed by atoms with Crippen LogP contribution in [0.15, 0.2) is 32.7 Å². The van der Waals surface area contributed by atoms with E-state index in [-0.39, 0.29) is 28.1 Å². The Labute approximate surface area is 204 Å². The molecule has 1 N–H and O–H groups in total. The van der Waals surface area contributed by atoms with E-state index in [0.717, 1.165) is 22.4 Å². The predicted molar refractivity (Wildman–Crippen MR) is 123 cm³/mol. The fourth-order valence-corrected chi connectivity index (χ4v) is 5.32. The molecule has 1 aromatic heterocycles. The van der Waals surface area contributed by atoms with Crippen molar-refractivity contribution in [1.82, 2.24) is 14.5 Å². The summed E-state index contributed by atoms with van der Waals surface area (Å²) in [6, 6.07) is 1.74. The summed E-state index contributed by atoms with van der Waals surface area (Å²) in [6.45, 7) is 0.808.